The number of nitrogens with two attached hydrogens (primary N) is 1. The van der Waals surface area contributed by atoms with Crippen molar-refractivity contribution < 1.29 is 74.9 Å². The van der Waals surface area contributed by atoms with Gasteiger partial charge in [-0.3, -0.25) is 34.6 Å². The Kier molecular flexibility index (Phi) is 14.9. The van der Waals surface area contributed by atoms with Crippen LogP contribution in [0.2, 0.25) is 0 Å². The van der Waals surface area contributed by atoms with Gasteiger partial charge in [0.1, 0.15) is 42.7 Å². The molecule has 0 saturated heterocycles. The van der Waals surface area contributed by atoms with Crippen LogP contribution in [0.5, 0.6) is 0 Å². The van der Waals surface area contributed by atoms with E-state index in [1.54, 1.807) is 48.5 Å². The van der Waals surface area contributed by atoms with Crippen molar-refractivity contribution in [3.8, 4) is 22.6 Å². The van der Waals surface area contributed by atoms with Gasteiger partial charge in [-0.25, -0.2) is 4.79 Å². The molecule has 23 heteroatoms. The number of ketones is 2. The van der Waals surface area contributed by atoms with Crippen LogP contribution < -0.4 is 16.9 Å². The quantitative estimate of drug-likeness (QED) is 0.0480. The molecular formula is C44H42N4O19. The van der Waals surface area contributed by atoms with E-state index in [-0.39, 0.29) is 62.4 Å². The third-order valence-electron chi connectivity index (χ3n) is 11.1. The van der Waals surface area contributed by atoms with Crippen LogP contribution in [0.25, 0.3) is 44.1 Å². The predicted molar refractivity (Wildman–Crippen MR) is 233 cm³/mol. The molecule has 0 unspecified atom stereocenters. The second-order valence-electron chi connectivity index (χ2n) is 15.3. The third kappa shape index (κ3) is 9.37. The van der Waals surface area contributed by atoms with E-state index in [2.05, 4.69) is 0 Å². The van der Waals surface area contributed by atoms with Gasteiger partial charge >= 0.3 is 5.63 Å². The molecular weight excluding hydrogens is 888 g/mol. The van der Waals surface area contributed by atoms with E-state index in [9.17, 15) is 59.8 Å². The fourth-order valence-electron chi connectivity index (χ4n) is 7.60. The van der Waals surface area contributed by atoms with Crippen LogP contribution in [0.4, 0.5) is 11.4 Å². The molecule has 8 rings (SSSR count). The van der Waals surface area contributed by atoms with E-state index in [4.69, 9.17) is 40.8 Å². The van der Waals surface area contributed by atoms with Gasteiger partial charge < -0.3 is 65.8 Å². The third-order valence-corrected chi connectivity index (χ3v) is 11.1. The highest BCUT2D eigenvalue weighted by molar-refractivity contribution is 6.27. The topological polar surface area (TPSA) is 401 Å². The molecule has 2 heterocycles. The Labute approximate surface area is 375 Å². The second kappa shape index (κ2) is 20.3. The van der Waals surface area contributed by atoms with Crippen LogP contribution in [-0.2, 0) is 6.54 Å². The number of carbonyl (C=O) groups is 2. The number of hydrogen-bond donors (Lipinski definition) is 11. The van der Waals surface area contributed by atoms with Crippen LogP contribution in [0.3, 0.4) is 0 Å². The number of nitro groups is 2. The van der Waals surface area contributed by atoms with Crippen LogP contribution in [0.1, 0.15) is 31.8 Å². The number of carbonyl (C=O) groups excluding carboxylic acids is 2. The first-order valence-electron chi connectivity index (χ1n) is 20.0. The largest absolute Gasteiger partial charge is 0.421 e. The average Bonchev–Trinajstić information content (AvgIpc) is 3.80. The number of rotatable bonds is 13. The molecule has 0 amide bonds. The van der Waals surface area contributed by atoms with Crippen molar-refractivity contribution in [3.63, 3.8) is 0 Å². The molecule has 4 aromatic carbocycles. The minimum atomic E-state index is -1.94. The highest BCUT2D eigenvalue weighted by Crippen LogP contribution is 2.41. The van der Waals surface area contributed by atoms with Gasteiger partial charge in [-0.2, -0.15) is 0 Å². The number of hydrogen-bond acceptors (Lipinski definition) is 20. The molecule has 12 N–H and O–H groups in total. The zero-order valence-electron chi connectivity index (χ0n) is 34.6. The number of nitro benzene ring substituents is 2. The minimum Gasteiger partial charge on any atom is -0.421 e. The van der Waals surface area contributed by atoms with Crippen LogP contribution >= 0.6 is 0 Å². The van der Waals surface area contributed by atoms with Gasteiger partial charge in [-0.15, -0.1) is 0 Å². The Hall–Kier alpha value is -7.00. The monoisotopic (exact) mass is 930 g/mol. The van der Waals surface area contributed by atoms with Gasteiger partial charge in [0.2, 0.25) is 0 Å². The highest BCUT2D eigenvalue weighted by Gasteiger charge is 2.37. The Morgan fingerprint density at radius 2 is 0.985 bits per heavy atom. The molecule has 0 saturated carbocycles. The molecule has 0 spiro atoms. The van der Waals surface area contributed by atoms with Gasteiger partial charge in [-0.1, -0.05) is 48.5 Å². The van der Waals surface area contributed by atoms with E-state index >= 15 is 0 Å². The van der Waals surface area contributed by atoms with Gasteiger partial charge in [0, 0.05) is 63.8 Å². The average molecular weight is 931 g/mol. The van der Waals surface area contributed by atoms with E-state index in [1.165, 1.54) is 24.3 Å². The van der Waals surface area contributed by atoms with Crippen molar-refractivity contribution in [1.82, 2.24) is 4.57 Å². The number of pyridine rings is 1. The zero-order valence-corrected chi connectivity index (χ0v) is 34.6. The lowest BCUT2D eigenvalue weighted by molar-refractivity contribution is -0.384. The van der Waals surface area contributed by atoms with Crippen molar-refractivity contribution >= 4 is 44.5 Å². The minimum absolute atomic E-state index is 0.0362. The number of aromatic nitrogens is 1. The number of aliphatic hydroxyl groups is 10. The van der Waals surface area contributed by atoms with Gasteiger partial charge in [0.25, 0.3) is 16.9 Å². The smallest absolute Gasteiger partial charge is 0.344 e. The second-order valence-corrected chi connectivity index (χ2v) is 15.3. The summed E-state index contributed by atoms with van der Waals surface area (Å²) in [5, 5.41) is 116. The maximum Gasteiger partial charge on any atom is 0.344 e. The Bertz CT molecular complexity index is 3010. The Morgan fingerprint density at radius 3 is 1.49 bits per heavy atom. The summed E-state index contributed by atoms with van der Waals surface area (Å²) in [6.07, 6.45) is -13.3. The molecule has 8 atom stereocenters. The lowest BCUT2D eigenvalue weighted by atomic mass is 10.0. The Balaban J connectivity index is 0.000000187. The van der Waals surface area contributed by atoms with E-state index in [0.717, 1.165) is 16.7 Å². The molecule has 6 aromatic rings. The Morgan fingerprint density at radius 1 is 0.552 bits per heavy atom. The predicted octanol–water partition coefficient (Wildman–Crippen LogP) is -1.15. The zero-order chi connectivity index (χ0) is 49.2. The van der Waals surface area contributed by atoms with E-state index < -0.39 is 95.4 Å². The molecule has 2 aliphatic rings. The molecule has 0 radical (unpaired) electrons. The van der Waals surface area contributed by atoms with Crippen LogP contribution in [-0.4, -0.2) is 146 Å². The van der Waals surface area contributed by atoms with Crippen molar-refractivity contribution in [2.45, 2.75) is 55.4 Å². The first-order chi connectivity index (χ1) is 31.8. The molecule has 2 aromatic heterocycles. The van der Waals surface area contributed by atoms with Gasteiger partial charge in [0.05, 0.1) is 63.3 Å². The molecule has 0 fully saturated rings. The van der Waals surface area contributed by atoms with Crippen molar-refractivity contribution in [2.24, 2.45) is 5.73 Å². The van der Waals surface area contributed by atoms with Gasteiger partial charge in [-0.05, 0) is 12.1 Å². The number of aliphatic hydroxyl groups excluding tert-OH is 10. The summed E-state index contributed by atoms with van der Waals surface area (Å²) in [4.78, 5) is 72.0. The summed E-state index contributed by atoms with van der Waals surface area (Å²) in [5.41, 5.74) is 5.29. The van der Waals surface area contributed by atoms with E-state index in [0.29, 0.717) is 27.6 Å². The molecule has 352 valence electrons. The standard InChI is InChI=1S/C22H20N2O9.C16H7NO5.C6H15NO5/c25-9-16(27)21(30)20(29)15(26)8-23-18-12-3-1-2-4-13(12)19(28)17(18)11-6-5-10(24(32)33)7-14(11)22(23)31;18-14-10-3-1-2-4-11(10)15-13(14)9-6-5-8(17(20)21)7-12(9)16(19)22-15;7-1-3(9)5(11)6(12)4(10)2-8/h1-7,15-16,20-21,25-27,29-30H,8-9H2;1-7H;3-6,8-12H,1-2,7H2/t15-,16+,20+,21+;;3-,4+,5+,6+/m0.0/s1. The maximum absolute atomic E-state index is 13.4. The van der Waals surface area contributed by atoms with Crippen molar-refractivity contribution in [2.75, 3.05) is 19.8 Å². The number of nitrogens with zero attached hydrogens (tertiary/aromatic N) is 3. The summed E-state index contributed by atoms with van der Waals surface area (Å²) < 4.78 is 6.29. The SMILES string of the molecule is NC[C@H](O)[C@@H](O)[C@H](O)[C@H](O)CO.O=C1c2ccccc2-c2c1c1ccc([N+](=O)[O-])cc1c(=O)n2C[C@H](O)[C@@H](O)[C@H](O)[C@H](O)CO.O=C1c2ccccc2-c2oc(=O)c3cc([N+](=O)[O-])ccc3c21. The summed E-state index contributed by atoms with van der Waals surface area (Å²) in [5.74, 6) is -0.417. The van der Waals surface area contributed by atoms with Crippen LogP contribution in [0.15, 0.2) is 98.9 Å². The summed E-state index contributed by atoms with van der Waals surface area (Å²) in [6.45, 7) is -2.38. The fraction of sp³-hybridized carbons (Fsp3) is 0.273. The van der Waals surface area contributed by atoms with Gasteiger partial charge in [0.15, 0.2) is 17.3 Å². The first kappa shape index (κ1) is 49.4. The van der Waals surface area contributed by atoms with E-state index in [1.807, 2.05) is 0 Å². The molecule has 0 bridgehead atoms. The summed E-state index contributed by atoms with van der Waals surface area (Å²) in [6, 6.07) is 20.7. The lowest BCUT2D eigenvalue weighted by Gasteiger charge is -2.27. The molecule has 0 aliphatic heterocycles. The first-order valence-corrected chi connectivity index (χ1v) is 20.0. The maximum atomic E-state index is 13.4. The van der Waals surface area contributed by atoms with Crippen molar-refractivity contribution in [1.29, 1.82) is 0 Å². The molecule has 67 heavy (non-hydrogen) atoms. The summed E-state index contributed by atoms with van der Waals surface area (Å²) >= 11 is 0. The normalized spacial score (nSPS) is 15.9. The summed E-state index contributed by atoms with van der Waals surface area (Å²) in [7, 11) is 0. The number of non-ortho nitro benzene ring substituents is 2. The number of benzene rings is 4. The van der Waals surface area contributed by atoms with Crippen LogP contribution in [0, 0.1) is 20.2 Å². The molecule has 2 aliphatic carbocycles. The molecule has 23 nitrogen and oxygen atoms in total. The lowest BCUT2D eigenvalue weighted by Crippen LogP contribution is -2.48. The fourth-order valence-corrected chi connectivity index (χ4v) is 7.60. The highest BCUT2D eigenvalue weighted by atomic mass is 16.6. The number of fused-ring (bicyclic) bond motifs is 10. The van der Waals surface area contributed by atoms with Crippen molar-refractivity contribution in [3.05, 3.63) is 148 Å².